The van der Waals surface area contributed by atoms with Crippen molar-refractivity contribution in [2.75, 3.05) is 7.11 Å². The van der Waals surface area contributed by atoms with E-state index in [-0.39, 0.29) is 10.6 Å². The van der Waals surface area contributed by atoms with Crippen LogP contribution >= 0.6 is 0 Å². The number of benzene rings is 2. The lowest BCUT2D eigenvalue weighted by Gasteiger charge is -2.03. The fourth-order valence-electron chi connectivity index (χ4n) is 1.79. The lowest BCUT2D eigenvalue weighted by molar-refractivity contribution is -0.384. The average molecular weight is 363 g/mol. The monoisotopic (exact) mass is 363 g/mol. The molecule has 2 aromatic carbocycles. The third-order valence-electron chi connectivity index (χ3n) is 3.08. The Labute approximate surface area is 143 Å². The number of ether oxygens (including phenoxy) is 1. The number of nitro benzene ring substituents is 1. The van der Waals surface area contributed by atoms with E-state index in [0.717, 1.165) is 24.3 Å². The summed E-state index contributed by atoms with van der Waals surface area (Å²) in [5.41, 5.74) is 0.693. The van der Waals surface area contributed by atoms with E-state index in [4.69, 9.17) is 0 Å². The van der Waals surface area contributed by atoms with E-state index in [2.05, 4.69) is 9.84 Å². The average Bonchev–Trinajstić information content (AvgIpc) is 2.61. The highest BCUT2D eigenvalue weighted by Crippen LogP contribution is 2.15. The summed E-state index contributed by atoms with van der Waals surface area (Å²) in [6.45, 7) is 0. The van der Waals surface area contributed by atoms with E-state index in [1.807, 2.05) is 4.83 Å². The molecule has 0 saturated heterocycles. The SMILES string of the molecule is COC(=O)c1ccc(C=NNS(=O)(=O)c2ccc([N+](=O)[O-])cc2)cc1. The van der Waals surface area contributed by atoms with E-state index >= 15 is 0 Å². The second-order valence-corrected chi connectivity index (χ2v) is 6.38. The Bertz CT molecular complexity index is 905. The van der Waals surface area contributed by atoms with Crippen molar-refractivity contribution in [1.29, 1.82) is 0 Å². The fraction of sp³-hybridized carbons (Fsp3) is 0.0667. The Balaban J connectivity index is 2.07. The maximum absolute atomic E-state index is 12.0. The molecule has 0 radical (unpaired) electrons. The largest absolute Gasteiger partial charge is 0.465 e. The Morgan fingerprint density at radius 2 is 1.76 bits per heavy atom. The number of carbonyl (C=O) groups is 1. The van der Waals surface area contributed by atoms with Gasteiger partial charge in [-0.3, -0.25) is 10.1 Å². The van der Waals surface area contributed by atoms with E-state index in [1.54, 1.807) is 12.1 Å². The third-order valence-corrected chi connectivity index (χ3v) is 4.31. The zero-order valence-corrected chi connectivity index (χ0v) is 13.8. The molecule has 2 aromatic rings. The van der Waals surface area contributed by atoms with Crippen LogP contribution in [0, 0.1) is 10.1 Å². The number of hydrogen-bond acceptors (Lipinski definition) is 7. The van der Waals surface area contributed by atoms with Gasteiger partial charge in [-0.25, -0.2) is 9.63 Å². The van der Waals surface area contributed by atoms with Gasteiger partial charge < -0.3 is 4.74 Å². The minimum Gasteiger partial charge on any atom is -0.465 e. The van der Waals surface area contributed by atoms with Crippen molar-refractivity contribution in [2.45, 2.75) is 4.90 Å². The first-order chi connectivity index (χ1) is 11.8. The molecule has 0 amide bonds. The summed E-state index contributed by atoms with van der Waals surface area (Å²) < 4.78 is 28.6. The second-order valence-electron chi connectivity index (χ2n) is 4.72. The number of esters is 1. The van der Waals surface area contributed by atoms with Crippen LogP contribution in [0.15, 0.2) is 58.5 Å². The zero-order valence-electron chi connectivity index (χ0n) is 12.9. The molecule has 0 aliphatic rings. The smallest absolute Gasteiger partial charge is 0.337 e. The number of rotatable bonds is 6. The Morgan fingerprint density at radius 3 is 2.28 bits per heavy atom. The molecule has 0 unspecified atom stereocenters. The lowest BCUT2D eigenvalue weighted by atomic mass is 10.1. The second kappa shape index (κ2) is 7.53. The lowest BCUT2D eigenvalue weighted by Crippen LogP contribution is -2.18. The summed E-state index contributed by atoms with van der Waals surface area (Å²) in [4.78, 5) is 23.1. The van der Waals surface area contributed by atoms with Crippen molar-refractivity contribution in [1.82, 2.24) is 4.83 Å². The molecule has 25 heavy (non-hydrogen) atoms. The van der Waals surface area contributed by atoms with Crippen LogP contribution in [0.2, 0.25) is 0 Å². The van der Waals surface area contributed by atoms with Gasteiger partial charge in [0, 0.05) is 12.1 Å². The standard InChI is InChI=1S/C15H13N3O6S/c1-24-15(19)12-4-2-11(3-5-12)10-16-17-25(22,23)14-8-6-13(7-9-14)18(20)21/h2-10,17H,1H3. The Hall–Kier alpha value is -3.27. The van der Waals surface area contributed by atoms with Crippen molar-refractivity contribution >= 4 is 27.9 Å². The predicted octanol–water partition coefficient (Wildman–Crippen LogP) is 1.69. The van der Waals surface area contributed by atoms with Crippen molar-refractivity contribution in [3.63, 3.8) is 0 Å². The highest BCUT2D eigenvalue weighted by atomic mass is 32.2. The van der Waals surface area contributed by atoms with Crippen molar-refractivity contribution < 1.29 is 22.9 Å². The van der Waals surface area contributed by atoms with E-state index in [9.17, 15) is 23.3 Å². The number of nitrogens with zero attached hydrogens (tertiary/aromatic N) is 2. The molecule has 1 N–H and O–H groups in total. The summed E-state index contributed by atoms with van der Waals surface area (Å²) >= 11 is 0. The number of non-ortho nitro benzene ring substituents is 1. The van der Waals surface area contributed by atoms with Crippen LogP contribution in [0.1, 0.15) is 15.9 Å². The van der Waals surface area contributed by atoms with Crippen LogP contribution in [-0.4, -0.2) is 32.6 Å². The number of methoxy groups -OCH3 is 1. The third kappa shape index (κ3) is 4.61. The van der Waals surface area contributed by atoms with Crippen LogP contribution in [-0.2, 0) is 14.8 Å². The Kier molecular flexibility index (Phi) is 5.45. The molecule has 0 atom stereocenters. The van der Waals surface area contributed by atoms with Crippen molar-refractivity contribution in [3.05, 3.63) is 69.8 Å². The summed E-state index contributed by atoms with van der Waals surface area (Å²) in [6.07, 6.45) is 1.25. The van der Waals surface area contributed by atoms with Gasteiger partial charge in [-0.15, -0.1) is 0 Å². The molecule has 0 fully saturated rings. The van der Waals surface area contributed by atoms with E-state index < -0.39 is 20.9 Å². The predicted molar refractivity (Wildman–Crippen MR) is 88.8 cm³/mol. The first kappa shape index (κ1) is 18.1. The molecule has 9 nitrogen and oxygen atoms in total. The van der Waals surface area contributed by atoms with Gasteiger partial charge in [0.1, 0.15) is 0 Å². The molecule has 0 heterocycles. The summed E-state index contributed by atoms with van der Waals surface area (Å²) in [5, 5.41) is 14.2. The van der Waals surface area contributed by atoms with Crippen molar-refractivity contribution in [2.24, 2.45) is 5.10 Å². The maximum atomic E-state index is 12.0. The minimum atomic E-state index is -3.94. The van der Waals surface area contributed by atoms with E-state index in [0.29, 0.717) is 11.1 Å². The first-order valence-corrected chi connectivity index (χ1v) is 8.29. The highest BCUT2D eigenvalue weighted by Gasteiger charge is 2.14. The zero-order chi connectivity index (χ0) is 18.4. The van der Waals surface area contributed by atoms with Gasteiger partial charge in [-0.1, -0.05) is 12.1 Å². The minimum absolute atomic E-state index is 0.156. The number of hydrazone groups is 1. The molecule has 130 valence electrons. The molecule has 0 aliphatic heterocycles. The molecular formula is C15H13N3O6S. The van der Waals surface area contributed by atoms with E-state index in [1.165, 1.54) is 25.5 Å². The molecule has 0 aliphatic carbocycles. The molecule has 10 heteroatoms. The van der Waals surface area contributed by atoms with Gasteiger partial charge in [-0.05, 0) is 29.8 Å². The van der Waals surface area contributed by atoms with Gasteiger partial charge in [0.2, 0.25) is 0 Å². The highest BCUT2D eigenvalue weighted by molar-refractivity contribution is 7.89. The topological polar surface area (TPSA) is 128 Å². The maximum Gasteiger partial charge on any atom is 0.337 e. The van der Waals surface area contributed by atoms with Gasteiger partial charge in [0.05, 0.1) is 28.7 Å². The van der Waals surface area contributed by atoms with Gasteiger partial charge in [0.15, 0.2) is 0 Å². The molecule has 0 saturated carbocycles. The van der Waals surface area contributed by atoms with Crippen LogP contribution in [0.4, 0.5) is 5.69 Å². The van der Waals surface area contributed by atoms with Crippen LogP contribution < -0.4 is 4.83 Å². The molecule has 0 aromatic heterocycles. The fourth-order valence-corrected chi connectivity index (χ4v) is 2.58. The van der Waals surface area contributed by atoms with Gasteiger partial charge in [0.25, 0.3) is 15.7 Å². The quantitative estimate of drug-likeness (QED) is 0.360. The normalized spacial score (nSPS) is 11.2. The number of carbonyl (C=O) groups excluding carboxylic acids is 1. The number of nitro groups is 1. The summed E-state index contributed by atoms with van der Waals surface area (Å²) in [5.74, 6) is -0.484. The van der Waals surface area contributed by atoms with Crippen molar-refractivity contribution in [3.8, 4) is 0 Å². The summed E-state index contributed by atoms with van der Waals surface area (Å²) in [7, 11) is -2.67. The first-order valence-electron chi connectivity index (χ1n) is 6.81. The van der Waals surface area contributed by atoms with Crippen LogP contribution in [0.3, 0.4) is 0 Å². The number of sulfonamides is 1. The molecule has 0 spiro atoms. The van der Waals surface area contributed by atoms with Crippen LogP contribution in [0.5, 0.6) is 0 Å². The van der Waals surface area contributed by atoms with Gasteiger partial charge in [-0.2, -0.15) is 13.5 Å². The van der Waals surface area contributed by atoms with Gasteiger partial charge >= 0.3 is 5.97 Å². The number of hydrogen-bond donors (Lipinski definition) is 1. The van der Waals surface area contributed by atoms with Crippen LogP contribution in [0.25, 0.3) is 0 Å². The summed E-state index contributed by atoms with van der Waals surface area (Å²) in [6, 6.07) is 10.6. The Morgan fingerprint density at radius 1 is 1.16 bits per heavy atom. The molecule has 0 bridgehead atoms. The number of nitrogens with one attached hydrogen (secondary N) is 1. The molecule has 2 rings (SSSR count). The molecular weight excluding hydrogens is 350 g/mol.